The van der Waals surface area contributed by atoms with Crippen LogP contribution in [-0.4, -0.2) is 40.4 Å². The Hall–Kier alpha value is -3.13. The van der Waals surface area contributed by atoms with Crippen molar-refractivity contribution in [1.82, 2.24) is 15.2 Å². The van der Waals surface area contributed by atoms with Crippen LogP contribution >= 0.6 is 11.8 Å². The smallest absolute Gasteiger partial charge is 0.247 e. The predicted molar refractivity (Wildman–Crippen MR) is 124 cm³/mol. The topological polar surface area (TPSA) is 71.5 Å². The van der Waals surface area contributed by atoms with Crippen LogP contribution in [-0.2, 0) is 4.79 Å². The highest BCUT2D eigenvalue weighted by atomic mass is 32.2. The van der Waals surface area contributed by atoms with Gasteiger partial charge in [0.1, 0.15) is 0 Å². The summed E-state index contributed by atoms with van der Waals surface area (Å²) < 4.78 is 6.36. The number of amides is 1. The minimum absolute atomic E-state index is 0.129. The lowest BCUT2D eigenvalue weighted by atomic mass is 10.1. The molecule has 8 heteroatoms. The number of para-hydroxylation sites is 1. The summed E-state index contributed by atoms with van der Waals surface area (Å²) >= 11 is 1.39. The molecule has 2 aromatic carbocycles. The van der Waals surface area contributed by atoms with E-state index in [0.29, 0.717) is 16.7 Å². The van der Waals surface area contributed by atoms with Crippen LogP contribution in [0.1, 0.15) is 32.6 Å². The monoisotopic (exact) mass is 435 g/mol. The average Bonchev–Trinajstić information content (AvgIpc) is 2.94. The van der Waals surface area contributed by atoms with Gasteiger partial charge < -0.3 is 9.64 Å². The Balaban J connectivity index is 1.86. The molecule has 0 aliphatic carbocycles. The molecule has 0 spiro atoms. The molecule has 7 nitrogen and oxygen atoms in total. The molecule has 0 bridgehead atoms. The van der Waals surface area contributed by atoms with Crippen molar-refractivity contribution in [3.8, 4) is 17.1 Å². The summed E-state index contributed by atoms with van der Waals surface area (Å²) in [5, 5.41) is 9.07. The van der Waals surface area contributed by atoms with Crippen LogP contribution in [0.3, 0.4) is 0 Å². The number of fused-ring (bicyclic) bond motifs is 3. The van der Waals surface area contributed by atoms with E-state index in [1.165, 1.54) is 11.8 Å². The molecule has 0 radical (unpaired) electrons. The van der Waals surface area contributed by atoms with Crippen LogP contribution in [0.15, 0.2) is 53.7 Å². The van der Waals surface area contributed by atoms with Gasteiger partial charge in [-0.05, 0) is 38.3 Å². The highest BCUT2D eigenvalue weighted by Gasteiger charge is 2.34. The van der Waals surface area contributed by atoms with Crippen molar-refractivity contribution in [2.75, 3.05) is 29.1 Å². The van der Waals surface area contributed by atoms with Crippen LogP contribution in [0.2, 0.25) is 0 Å². The first kappa shape index (κ1) is 21.1. The van der Waals surface area contributed by atoms with Crippen molar-refractivity contribution < 1.29 is 9.53 Å². The van der Waals surface area contributed by atoms with Crippen LogP contribution in [0.25, 0.3) is 11.3 Å². The van der Waals surface area contributed by atoms with Gasteiger partial charge in [0.15, 0.2) is 5.69 Å². The molecule has 31 heavy (non-hydrogen) atoms. The first-order valence-electron chi connectivity index (χ1n) is 10.3. The van der Waals surface area contributed by atoms with E-state index in [2.05, 4.69) is 46.1 Å². The summed E-state index contributed by atoms with van der Waals surface area (Å²) in [4.78, 5) is 21.3. The van der Waals surface area contributed by atoms with Crippen molar-refractivity contribution in [1.29, 1.82) is 0 Å². The number of benzene rings is 2. The molecule has 1 amide bonds. The summed E-state index contributed by atoms with van der Waals surface area (Å²) in [6, 6.07) is 15.8. The number of hydrogen-bond donors (Lipinski definition) is 0. The second-order valence-electron chi connectivity index (χ2n) is 7.09. The normalized spacial score (nSPS) is 14.8. The Morgan fingerprint density at radius 2 is 1.81 bits per heavy atom. The van der Waals surface area contributed by atoms with E-state index >= 15 is 0 Å². The van der Waals surface area contributed by atoms with E-state index < -0.39 is 6.23 Å². The van der Waals surface area contributed by atoms with E-state index in [0.717, 1.165) is 35.6 Å². The maximum absolute atomic E-state index is 12.8. The predicted octanol–water partition coefficient (Wildman–Crippen LogP) is 4.55. The fourth-order valence-corrected chi connectivity index (χ4v) is 4.09. The molecule has 0 saturated carbocycles. The second kappa shape index (κ2) is 8.93. The highest BCUT2D eigenvalue weighted by molar-refractivity contribution is 7.98. The van der Waals surface area contributed by atoms with Crippen LogP contribution in [0.4, 0.5) is 11.4 Å². The van der Waals surface area contributed by atoms with E-state index in [-0.39, 0.29) is 5.91 Å². The van der Waals surface area contributed by atoms with Crippen molar-refractivity contribution in [3.63, 3.8) is 0 Å². The Bertz CT molecular complexity index is 1090. The first-order chi connectivity index (χ1) is 15.1. The molecule has 1 aliphatic heterocycles. The summed E-state index contributed by atoms with van der Waals surface area (Å²) in [6.07, 6.45) is 1.22. The Morgan fingerprint density at radius 1 is 1.10 bits per heavy atom. The number of thioether (sulfide) groups is 1. The van der Waals surface area contributed by atoms with Gasteiger partial charge in [-0.3, -0.25) is 9.69 Å². The number of rotatable bonds is 5. The van der Waals surface area contributed by atoms with E-state index in [1.54, 1.807) is 11.8 Å². The van der Waals surface area contributed by atoms with E-state index in [1.807, 2.05) is 42.7 Å². The number of hydrogen-bond acceptors (Lipinski definition) is 7. The van der Waals surface area contributed by atoms with Gasteiger partial charge in [-0.15, -0.1) is 10.2 Å². The van der Waals surface area contributed by atoms with E-state index in [4.69, 9.17) is 4.74 Å². The maximum atomic E-state index is 12.8. The molecular formula is C23H25N5O2S. The molecule has 0 N–H and O–H groups in total. The van der Waals surface area contributed by atoms with Gasteiger partial charge in [-0.2, -0.15) is 4.98 Å². The van der Waals surface area contributed by atoms with Gasteiger partial charge >= 0.3 is 0 Å². The van der Waals surface area contributed by atoms with Crippen molar-refractivity contribution in [2.45, 2.75) is 32.2 Å². The third-order valence-electron chi connectivity index (χ3n) is 5.34. The van der Waals surface area contributed by atoms with Crippen molar-refractivity contribution in [3.05, 3.63) is 54.1 Å². The Kier molecular flexibility index (Phi) is 6.08. The maximum Gasteiger partial charge on any atom is 0.247 e. The third-order valence-corrected chi connectivity index (χ3v) is 5.88. The van der Waals surface area contributed by atoms with Gasteiger partial charge in [-0.25, -0.2) is 0 Å². The van der Waals surface area contributed by atoms with Crippen LogP contribution in [0.5, 0.6) is 5.88 Å². The Morgan fingerprint density at radius 3 is 2.45 bits per heavy atom. The zero-order valence-corrected chi connectivity index (χ0v) is 18.9. The quantitative estimate of drug-likeness (QED) is 0.544. The number of aromatic nitrogens is 3. The largest absolute Gasteiger partial charge is 0.447 e. The van der Waals surface area contributed by atoms with Crippen LogP contribution < -0.4 is 14.5 Å². The van der Waals surface area contributed by atoms with Gasteiger partial charge in [0.05, 0.1) is 5.69 Å². The molecule has 0 fully saturated rings. The lowest BCUT2D eigenvalue weighted by molar-refractivity contribution is -0.118. The van der Waals surface area contributed by atoms with Crippen molar-refractivity contribution in [2.24, 2.45) is 0 Å². The number of carbonyl (C=O) groups excluding carboxylic acids is 1. The summed E-state index contributed by atoms with van der Waals surface area (Å²) in [5.41, 5.74) is 4.01. The fourth-order valence-electron chi connectivity index (χ4n) is 3.79. The van der Waals surface area contributed by atoms with E-state index in [9.17, 15) is 4.79 Å². The molecule has 1 aliphatic rings. The minimum Gasteiger partial charge on any atom is -0.447 e. The molecule has 1 aromatic heterocycles. The lowest BCUT2D eigenvalue weighted by Crippen LogP contribution is -2.36. The average molecular weight is 436 g/mol. The number of anilines is 2. The number of carbonyl (C=O) groups is 1. The van der Waals surface area contributed by atoms with Crippen molar-refractivity contribution >= 4 is 29.0 Å². The fraction of sp³-hybridized carbons (Fsp3) is 0.304. The molecule has 0 saturated heterocycles. The highest BCUT2D eigenvalue weighted by Crippen LogP contribution is 2.43. The van der Waals surface area contributed by atoms with Gasteiger partial charge in [0.25, 0.3) is 0 Å². The zero-order chi connectivity index (χ0) is 22.0. The molecule has 4 rings (SSSR count). The lowest BCUT2D eigenvalue weighted by Gasteiger charge is -2.30. The van der Waals surface area contributed by atoms with Gasteiger partial charge in [0, 0.05) is 36.8 Å². The molecule has 1 atom stereocenters. The zero-order valence-electron chi connectivity index (χ0n) is 18.1. The molecule has 3 aromatic rings. The number of nitrogens with zero attached hydrogens (tertiary/aromatic N) is 5. The molecule has 2 heterocycles. The molecule has 160 valence electrons. The van der Waals surface area contributed by atoms with Crippen LogP contribution in [0, 0.1) is 0 Å². The Labute approximate surface area is 186 Å². The first-order valence-corrected chi connectivity index (χ1v) is 11.5. The third kappa shape index (κ3) is 3.95. The van der Waals surface area contributed by atoms with Gasteiger partial charge in [0.2, 0.25) is 23.2 Å². The molecule has 0 unspecified atom stereocenters. The summed E-state index contributed by atoms with van der Waals surface area (Å²) in [6.45, 7) is 7.66. The summed E-state index contributed by atoms with van der Waals surface area (Å²) in [7, 11) is 0. The SMILES string of the molecule is CCN(CC)c1ccc([C@H]2Oc3nc(SC)nnc3-c3ccccc3N2C(C)=O)cc1. The minimum atomic E-state index is -0.669. The summed E-state index contributed by atoms with van der Waals surface area (Å²) in [5.74, 6) is 0.240. The second-order valence-corrected chi connectivity index (χ2v) is 7.87. The van der Waals surface area contributed by atoms with Gasteiger partial charge in [-0.1, -0.05) is 42.1 Å². The number of ether oxygens (including phenoxy) is 1. The standard InChI is InChI=1S/C23H25N5O2S/c1-5-27(6-2)17-13-11-16(12-14-17)22-28(15(3)29)19-10-8-7-9-18(19)20-21(30-22)24-23(31-4)26-25-20/h7-14,22H,5-6H2,1-4H3/t22-/m1/s1. The molecular weight excluding hydrogens is 410 g/mol.